The van der Waals surface area contributed by atoms with E-state index in [2.05, 4.69) is 21.2 Å². The number of anilines is 1. The van der Waals surface area contributed by atoms with Gasteiger partial charge in [-0.25, -0.2) is 0 Å². The highest BCUT2D eigenvalue weighted by molar-refractivity contribution is 9.10. The highest BCUT2D eigenvalue weighted by Crippen LogP contribution is 2.22. The molecule has 0 aromatic heterocycles. The van der Waals surface area contributed by atoms with Gasteiger partial charge >= 0.3 is 0 Å². The summed E-state index contributed by atoms with van der Waals surface area (Å²) in [6.07, 6.45) is 0. The van der Waals surface area contributed by atoms with Gasteiger partial charge in [0.05, 0.1) is 0 Å². The predicted octanol–water partition coefficient (Wildman–Crippen LogP) is 4.90. The van der Waals surface area contributed by atoms with E-state index in [0.29, 0.717) is 10.8 Å². The molecule has 21 heavy (non-hydrogen) atoms. The van der Waals surface area contributed by atoms with E-state index in [9.17, 15) is 4.79 Å². The average Bonchev–Trinajstić information content (AvgIpc) is 2.43. The first-order valence-corrected chi connectivity index (χ1v) is 7.55. The lowest BCUT2D eigenvalue weighted by molar-refractivity contribution is -0.128. The smallest absolute Gasteiger partial charge is 0.267 e. The van der Waals surface area contributed by atoms with Gasteiger partial charge in [0, 0.05) is 15.2 Å². The molecule has 110 valence electrons. The number of hydrogen-bond donors (Lipinski definition) is 1. The first kappa shape index (κ1) is 15.9. The van der Waals surface area contributed by atoms with Gasteiger partial charge in [0.1, 0.15) is 5.75 Å². The molecule has 2 aromatic carbocycles. The van der Waals surface area contributed by atoms with Crippen LogP contribution in [0.5, 0.6) is 5.75 Å². The number of carbonyl (C=O) groups excluding carboxylic acids is 1. The molecule has 5 heteroatoms. The van der Waals surface area contributed by atoms with Gasteiger partial charge in [0.15, 0.2) is 5.60 Å². The van der Waals surface area contributed by atoms with Gasteiger partial charge in [-0.1, -0.05) is 27.5 Å². The van der Waals surface area contributed by atoms with Crippen LogP contribution in [0.3, 0.4) is 0 Å². The fraction of sp³-hybridized carbons (Fsp3) is 0.188. The van der Waals surface area contributed by atoms with Crippen LogP contribution < -0.4 is 10.1 Å². The van der Waals surface area contributed by atoms with Crippen molar-refractivity contribution in [2.24, 2.45) is 0 Å². The van der Waals surface area contributed by atoms with Crippen molar-refractivity contribution < 1.29 is 9.53 Å². The Morgan fingerprint density at radius 3 is 2.24 bits per heavy atom. The number of benzene rings is 2. The van der Waals surface area contributed by atoms with Crippen molar-refractivity contribution in [3.8, 4) is 5.75 Å². The lowest BCUT2D eigenvalue weighted by Crippen LogP contribution is -2.42. The Morgan fingerprint density at radius 1 is 1.10 bits per heavy atom. The third-order valence-corrected chi connectivity index (χ3v) is 3.62. The molecule has 3 nitrogen and oxygen atoms in total. The molecule has 1 N–H and O–H groups in total. The molecule has 0 aliphatic carbocycles. The first-order valence-electron chi connectivity index (χ1n) is 6.38. The summed E-state index contributed by atoms with van der Waals surface area (Å²) >= 11 is 9.18. The quantitative estimate of drug-likeness (QED) is 0.833. The third-order valence-electron chi connectivity index (χ3n) is 2.84. The molecule has 2 aromatic rings. The number of nitrogens with one attached hydrogen (secondary N) is 1. The van der Waals surface area contributed by atoms with Crippen molar-refractivity contribution in [1.82, 2.24) is 0 Å². The van der Waals surface area contributed by atoms with Crippen LogP contribution in [-0.4, -0.2) is 11.5 Å². The Kier molecular flexibility index (Phi) is 4.91. The van der Waals surface area contributed by atoms with Crippen LogP contribution in [0.15, 0.2) is 53.0 Å². The Hall–Kier alpha value is -1.52. The van der Waals surface area contributed by atoms with Crippen LogP contribution in [-0.2, 0) is 4.79 Å². The lowest BCUT2D eigenvalue weighted by Gasteiger charge is -2.25. The Morgan fingerprint density at radius 2 is 1.67 bits per heavy atom. The van der Waals surface area contributed by atoms with E-state index >= 15 is 0 Å². The molecule has 2 rings (SSSR count). The molecule has 0 heterocycles. The molecule has 0 fully saturated rings. The fourth-order valence-electron chi connectivity index (χ4n) is 1.66. The van der Waals surface area contributed by atoms with Crippen molar-refractivity contribution >= 4 is 39.1 Å². The Labute approximate surface area is 137 Å². The van der Waals surface area contributed by atoms with Crippen LogP contribution in [0.2, 0.25) is 5.02 Å². The summed E-state index contributed by atoms with van der Waals surface area (Å²) in [7, 11) is 0. The standard InChI is InChI=1S/C16H15BrClNO2/c1-16(2,21-14-9-5-12(18)6-10-14)15(20)19-13-7-3-11(17)4-8-13/h3-10H,1-2H3,(H,19,20). The summed E-state index contributed by atoms with van der Waals surface area (Å²) in [6.45, 7) is 3.44. The van der Waals surface area contributed by atoms with Gasteiger partial charge in [-0.2, -0.15) is 0 Å². The molecule has 0 bridgehead atoms. The second-order valence-electron chi connectivity index (χ2n) is 5.03. The predicted molar refractivity (Wildman–Crippen MR) is 88.9 cm³/mol. The maximum atomic E-state index is 12.3. The monoisotopic (exact) mass is 367 g/mol. The van der Waals surface area contributed by atoms with Crippen LogP contribution >= 0.6 is 27.5 Å². The maximum absolute atomic E-state index is 12.3. The number of halogens is 2. The van der Waals surface area contributed by atoms with Crippen molar-refractivity contribution in [3.05, 3.63) is 58.0 Å². The minimum Gasteiger partial charge on any atom is -0.478 e. The second kappa shape index (κ2) is 6.50. The molecule has 0 aliphatic heterocycles. The van der Waals surface area contributed by atoms with Gasteiger partial charge in [-0.15, -0.1) is 0 Å². The molecular formula is C16H15BrClNO2. The molecule has 0 spiro atoms. The third kappa shape index (κ3) is 4.48. The van der Waals surface area contributed by atoms with Gasteiger partial charge in [0.25, 0.3) is 5.91 Å². The van der Waals surface area contributed by atoms with Crippen molar-refractivity contribution in [2.75, 3.05) is 5.32 Å². The maximum Gasteiger partial charge on any atom is 0.267 e. The fourth-order valence-corrected chi connectivity index (χ4v) is 2.05. The lowest BCUT2D eigenvalue weighted by atomic mass is 10.1. The van der Waals surface area contributed by atoms with Gasteiger partial charge in [-0.05, 0) is 62.4 Å². The van der Waals surface area contributed by atoms with Crippen molar-refractivity contribution in [2.45, 2.75) is 19.4 Å². The summed E-state index contributed by atoms with van der Waals surface area (Å²) in [5, 5.41) is 3.45. The van der Waals surface area contributed by atoms with E-state index in [0.717, 1.165) is 10.2 Å². The average molecular weight is 369 g/mol. The zero-order valence-electron chi connectivity index (χ0n) is 11.7. The minimum absolute atomic E-state index is 0.222. The molecule has 0 saturated heterocycles. The summed E-state index contributed by atoms with van der Waals surface area (Å²) in [6, 6.07) is 14.3. The molecular weight excluding hydrogens is 354 g/mol. The van der Waals surface area contributed by atoms with Gasteiger partial charge in [0.2, 0.25) is 0 Å². The van der Waals surface area contributed by atoms with E-state index in [1.165, 1.54) is 0 Å². The van der Waals surface area contributed by atoms with E-state index in [4.69, 9.17) is 16.3 Å². The molecule has 0 atom stereocenters. The van der Waals surface area contributed by atoms with Crippen LogP contribution in [0.4, 0.5) is 5.69 Å². The zero-order valence-corrected chi connectivity index (χ0v) is 14.0. The van der Waals surface area contributed by atoms with Crippen LogP contribution in [0.25, 0.3) is 0 Å². The number of carbonyl (C=O) groups is 1. The van der Waals surface area contributed by atoms with Crippen molar-refractivity contribution in [3.63, 3.8) is 0 Å². The number of rotatable bonds is 4. The molecule has 0 saturated carbocycles. The second-order valence-corrected chi connectivity index (χ2v) is 6.38. The van der Waals surface area contributed by atoms with E-state index in [-0.39, 0.29) is 5.91 Å². The first-order chi connectivity index (χ1) is 9.87. The molecule has 1 amide bonds. The topological polar surface area (TPSA) is 38.3 Å². The number of amides is 1. The summed E-state index contributed by atoms with van der Waals surface area (Å²) in [5.41, 5.74) is -0.281. The van der Waals surface area contributed by atoms with E-state index in [1.54, 1.807) is 38.1 Å². The largest absolute Gasteiger partial charge is 0.478 e. The Balaban J connectivity index is 2.05. The van der Waals surface area contributed by atoms with Crippen LogP contribution in [0.1, 0.15) is 13.8 Å². The normalized spacial score (nSPS) is 11.0. The minimum atomic E-state index is -0.999. The van der Waals surface area contributed by atoms with E-state index < -0.39 is 5.60 Å². The van der Waals surface area contributed by atoms with Gasteiger partial charge < -0.3 is 10.1 Å². The number of ether oxygens (including phenoxy) is 1. The summed E-state index contributed by atoms with van der Waals surface area (Å²) < 4.78 is 6.69. The summed E-state index contributed by atoms with van der Waals surface area (Å²) in [4.78, 5) is 12.3. The van der Waals surface area contributed by atoms with Crippen LogP contribution in [0, 0.1) is 0 Å². The highest BCUT2D eigenvalue weighted by atomic mass is 79.9. The zero-order chi connectivity index (χ0) is 15.5. The SMILES string of the molecule is CC(C)(Oc1ccc(Cl)cc1)C(=O)Nc1ccc(Br)cc1. The molecule has 0 aliphatic rings. The molecule has 0 radical (unpaired) electrons. The summed E-state index contributed by atoms with van der Waals surface area (Å²) in [5.74, 6) is 0.370. The molecule has 0 unspecified atom stereocenters. The highest BCUT2D eigenvalue weighted by Gasteiger charge is 2.30. The van der Waals surface area contributed by atoms with Gasteiger partial charge in [-0.3, -0.25) is 4.79 Å². The van der Waals surface area contributed by atoms with Crippen molar-refractivity contribution in [1.29, 1.82) is 0 Å². The van der Waals surface area contributed by atoms with E-state index in [1.807, 2.05) is 24.3 Å². The Bertz CT molecular complexity index is 624. The number of hydrogen-bond acceptors (Lipinski definition) is 2.